The van der Waals surface area contributed by atoms with E-state index in [0.717, 1.165) is 31.6 Å². The largest absolute Gasteiger partial charge is 0.369 e. The van der Waals surface area contributed by atoms with Gasteiger partial charge in [-0.25, -0.2) is 8.78 Å². The highest BCUT2D eigenvalue weighted by atomic mass is 19.1. The van der Waals surface area contributed by atoms with Crippen LogP contribution in [-0.4, -0.2) is 48.2 Å². The Morgan fingerprint density at radius 1 is 1.17 bits per heavy atom. The van der Waals surface area contributed by atoms with E-state index in [0.29, 0.717) is 11.9 Å². The average molecular weight is 335 g/mol. The van der Waals surface area contributed by atoms with E-state index in [-0.39, 0.29) is 11.4 Å². The minimum atomic E-state index is -0.851. The third-order valence-corrected chi connectivity index (χ3v) is 3.16. The Kier molecular flexibility index (Phi) is 6.14. The molecule has 0 saturated carbocycles. The second-order valence-corrected chi connectivity index (χ2v) is 5.47. The van der Waals surface area contributed by atoms with Crippen LogP contribution in [0.3, 0.4) is 0 Å². The first-order valence-corrected chi connectivity index (χ1v) is 7.44. The summed E-state index contributed by atoms with van der Waals surface area (Å²) < 4.78 is 26.4. The van der Waals surface area contributed by atoms with E-state index in [9.17, 15) is 13.6 Å². The number of hydrogen-bond acceptors (Lipinski definition) is 5. The first kappa shape index (κ1) is 17.7. The lowest BCUT2D eigenvalue weighted by atomic mass is 10.2. The summed E-state index contributed by atoms with van der Waals surface area (Å²) in [6, 6.07) is 6.01. The number of carbonyl (C=O) groups excluding carboxylic acids is 1. The van der Waals surface area contributed by atoms with Crippen LogP contribution >= 0.6 is 0 Å². The number of rotatable bonds is 7. The molecule has 128 valence electrons. The number of amides is 1. The lowest BCUT2D eigenvalue weighted by Crippen LogP contribution is -2.18. The zero-order chi connectivity index (χ0) is 17.5. The van der Waals surface area contributed by atoms with Gasteiger partial charge in [0.25, 0.3) is 5.91 Å². The molecular weight excluding hydrogens is 316 g/mol. The summed E-state index contributed by atoms with van der Waals surface area (Å²) in [5.41, 5.74) is -0.0772. The van der Waals surface area contributed by atoms with E-state index in [1.807, 2.05) is 14.1 Å². The van der Waals surface area contributed by atoms with Crippen molar-refractivity contribution >= 4 is 17.4 Å². The topological polar surface area (TPSA) is 70.2 Å². The van der Waals surface area contributed by atoms with Gasteiger partial charge in [-0.1, -0.05) is 0 Å². The van der Waals surface area contributed by atoms with Crippen molar-refractivity contribution in [1.82, 2.24) is 15.1 Å². The molecule has 0 atom stereocenters. The quantitative estimate of drug-likeness (QED) is 0.760. The maximum Gasteiger partial charge on any atom is 0.276 e. The van der Waals surface area contributed by atoms with Crippen molar-refractivity contribution in [1.29, 1.82) is 0 Å². The number of benzene rings is 1. The molecule has 0 unspecified atom stereocenters. The second kappa shape index (κ2) is 8.30. The highest BCUT2D eigenvalue weighted by Gasteiger charge is 2.12. The fourth-order valence-corrected chi connectivity index (χ4v) is 1.94. The highest BCUT2D eigenvalue weighted by Crippen LogP contribution is 2.15. The number of halogens is 2. The lowest BCUT2D eigenvalue weighted by Gasteiger charge is -2.10. The summed E-state index contributed by atoms with van der Waals surface area (Å²) in [7, 11) is 3.99. The van der Waals surface area contributed by atoms with Crippen molar-refractivity contribution in [2.45, 2.75) is 6.42 Å². The molecule has 2 N–H and O–H groups in total. The number of anilines is 2. The van der Waals surface area contributed by atoms with Crippen molar-refractivity contribution in [3.05, 3.63) is 47.7 Å². The monoisotopic (exact) mass is 335 g/mol. The van der Waals surface area contributed by atoms with Crippen LogP contribution in [0.1, 0.15) is 16.9 Å². The van der Waals surface area contributed by atoms with Gasteiger partial charge in [0, 0.05) is 12.6 Å². The van der Waals surface area contributed by atoms with E-state index >= 15 is 0 Å². The fraction of sp³-hybridized carbons (Fsp3) is 0.312. The molecule has 2 aromatic rings. The van der Waals surface area contributed by atoms with Gasteiger partial charge in [0.2, 0.25) is 0 Å². The van der Waals surface area contributed by atoms with Gasteiger partial charge in [-0.15, -0.1) is 10.2 Å². The van der Waals surface area contributed by atoms with Gasteiger partial charge in [0.15, 0.2) is 5.69 Å². The van der Waals surface area contributed by atoms with Gasteiger partial charge in [-0.2, -0.15) is 0 Å². The van der Waals surface area contributed by atoms with Crippen LogP contribution in [-0.2, 0) is 0 Å². The molecular formula is C16H19F2N5O. The molecule has 6 nitrogen and oxygen atoms in total. The van der Waals surface area contributed by atoms with Gasteiger partial charge in [0.1, 0.15) is 17.5 Å². The first-order valence-electron chi connectivity index (χ1n) is 7.44. The third-order valence-electron chi connectivity index (χ3n) is 3.16. The average Bonchev–Trinajstić information content (AvgIpc) is 2.54. The van der Waals surface area contributed by atoms with Gasteiger partial charge in [-0.05, 0) is 51.3 Å². The van der Waals surface area contributed by atoms with E-state index in [4.69, 9.17) is 0 Å². The molecule has 0 aliphatic carbocycles. The van der Waals surface area contributed by atoms with Crippen molar-refractivity contribution in [2.24, 2.45) is 0 Å². The number of hydrogen-bond donors (Lipinski definition) is 2. The molecule has 0 radical (unpaired) electrons. The predicted molar refractivity (Wildman–Crippen MR) is 88.0 cm³/mol. The Morgan fingerprint density at radius 2 is 1.96 bits per heavy atom. The summed E-state index contributed by atoms with van der Waals surface area (Å²) in [6.07, 6.45) is 0.945. The number of carbonyl (C=O) groups is 1. The molecule has 0 saturated heterocycles. The molecule has 0 bridgehead atoms. The lowest BCUT2D eigenvalue weighted by molar-refractivity contribution is 0.102. The van der Waals surface area contributed by atoms with E-state index in [1.54, 1.807) is 6.07 Å². The molecule has 2 rings (SSSR count). The number of aromatic nitrogens is 2. The molecule has 0 spiro atoms. The normalized spacial score (nSPS) is 10.7. The molecule has 1 aromatic carbocycles. The Bertz CT molecular complexity index is 691. The minimum Gasteiger partial charge on any atom is -0.369 e. The van der Waals surface area contributed by atoms with Crippen molar-refractivity contribution in [2.75, 3.05) is 37.8 Å². The van der Waals surface area contributed by atoms with E-state index in [2.05, 4.69) is 25.7 Å². The molecule has 1 aromatic heterocycles. The Balaban J connectivity index is 1.91. The van der Waals surface area contributed by atoms with Gasteiger partial charge >= 0.3 is 0 Å². The van der Waals surface area contributed by atoms with E-state index < -0.39 is 17.5 Å². The van der Waals surface area contributed by atoms with Gasteiger partial charge in [0.05, 0.1) is 5.69 Å². The molecule has 1 amide bonds. The summed E-state index contributed by atoms with van der Waals surface area (Å²) in [5, 5.41) is 13.1. The second-order valence-electron chi connectivity index (χ2n) is 5.47. The number of nitrogens with zero attached hydrogens (tertiary/aromatic N) is 3. The Hall–Kier alpha value is -2.61. The van der Waals surface area contributed by atoms with Gasteiger partial charge < -0.3 is 15.5 Å². The molecule has 8 heteroatoms. The molecule has 24 heavy (non-hydrogen) atoms. The summed E-state index contributed by atoms with van der Waals surface area (Å²) in [5.74, 6) is -1.63. The minimum absolute atomic E-state index is 0.0394. The Labute approximate surface area is 138 Å². The maximum absolute atomic E-state index is 13.5. The van der Waals surface area contributed by atoms with Crippen LogP contribution in [0.5, 0.6) is 0 Å². The summed E-state index contributed by atoms with van der Waals surface area (Å²) in [4.78, 5) is 14.1. The standard InChI is InChI=1S/C16H19F2N5O/c1-23(2)9-3-8-19-15-7-6-14(21-22-15)16(24)20-13-5-4-11(17)10-12(13)18/h4-7,10H,3,8-9H2,1-2H3,(H,19,22)(H,20,24). The van der Waals surface area contributed by atoms with Crippen LogP contribution in [0.2, 0.25) is 0 Å². The van der Waals surface area contributed by atoms with Crippen LogP contribution < -0.4 is 10.6 Å². The number of nitrogens with one attached hydrogen (secondary N) is 2. The molecule has 0 aliphatic rings. The summed E-state index contributed by atoms with van der Waals surface area (Å²) >= 11 is 0. The SMILES string of the molecule is CN(C)CCCNc1ccc(C(=O)Nc2ccc(F)cc2F)nn1. The Morgan fingerprint density at radius 3 is 2.58 bits per heavy atom. The third kappa shape index (κ3) is 5.24. The van der Waals surface area contributed by atoms with Gasteiger partial charge in [-0.3, -0.25) is 4.79 Å². The van der Waals surface area contributed by atoms with Crippen LogP contribution in [0.4, 0.5) is 20.3 Å². The highest BCUT2D eigenvalue weighted by molar-refractivity contribution is 6.02. The van der Waals surface area contributed by atoms with Crippen LogP contribution in [0.15, 0.2) is 30.3 Å². The first-order chi connectivity index (χ1) is 11.5. The smallest absolute Gasteiger partial charge is 0.276 e. The van der Waals surface area contributed by atoms with Crippen molar-refractivity contribution in [3.8, 4) is 0 Å². The zero-order valence-corrected chi connectivity index (χ0v) is 13.5. The molecule has 1 heterocycles. The zero-order valence-electron chi connectivity index (χ0n) is 13.5. The summed E-state index contributed by atoms with van der Waals surface area (Å²) in [6.45, 7) is 1.68. The molecule has 0 fully saturated rings. The van der Waals surface area contributed by atoms with E-state index in [1.165, 1.54) is 6.07 Å². The molecule has 0 aliphatic heterocycles. The maximum atomic E-state index is 13.5. The predicted octanol–water partition coefficient (Wildman–Crippen LogP) is 2.37. The van der Waals surface area contributed by atoms with Crippen molar-refractivity contribution < 1.29 is 13.6 Å². The van der Waals surface area contributed by atoms with Crippen molar-refractivity contribution in [3.63, 3.8) is 0 Å². The van der Waals surface area contributed by atoms with Crippen LogP contribution in [0, 0.1) is 11.6 Å². The fourth-order valence-electron chi connectivity index (χ4n) is 1.94. The van der Waals surface area contributed by atoms with Crippen LogP contribution in [0.25, 0.3) is 0 Å².